The second kappa shape index (κ2) is 5.08. The molecule has 2 aromatic carbocycles. The zero-order valence-corrected chi connectivity index (χ0v) is 12.2. The topological polar surface area (TPSA) is 17.8 Å². The van der Waals surface area contributed by atoms with Gasteiger partial charge in [-0.2, -0.15) is 0 Å². The second-order valence-electron chi connectivity index (χ2n) is 4.51. The van der Waals surface area contributed by atoms with Gasteiger partial charge in [-0.15, -0.1) is 11.6 Å². The first-order valence-corrected chi connectivity index (χ1v) is 6.96. The van der Waals surface area contributed by atoms with Crippen LogP contribution in [0.1, 0.15) is 18.1 Å². The lowest BCUT2D eigenvalue weighted by atomic mass is 10.2. The normalized spacial score (nSPS) is 12.8. The first kappa shape index (κ1) is 13.4. The number of rotatable bonds is 2. The van der Waals surface area contributed by atoms with Crippen LogP contribution >= 0.6 is 23.2 Å². The minimum Gasteiger partial charge on any atom is -0.295 e. The summed E-state index contributed by atoms with van der Waals surface area (Å²) in [7, 11) is 0. The van der Waals surface area contributed by atoms with Gasteiger partial charge in [0.25, 0.3) is 0 Å². The Morgan fingerprint density at radius 3 is 2.50 bits per heavy atom. The van der Waals surface area contributed by atoms with Crippen LogP contribution in [-0.2, 0) is 0 Å². The van der Waals surface area contributed by atoms with Crippen molar-refractivity contribution in [2.24, 2.45) is 0 Å². The van der Waals surface area contributed by atoms with Gasteiger partial charge >= 0.3 is 0 Å². The molecule has 0 radical (unpaired) electrons. The molecule has 20 heavy (non-hydrogen) atoms. The molecule has 102 valence electrons. The van der Waals surface area contributed by atoms with E-state index in [2.05, 4.69) is 4.98 Å². The summed E-state index contributed by atoms with van der Waals surface area (Å²) in [4.78, 5) is 4.33. The van der Waals surface area contributed by atoms with E-state index < -0.39 is 0 Å². The van der Waals surface area contributed by atoms with Crippen LogP contribution in [0.15, 0.2) is 42.5 Å². The average molecular weight is 309 g/mol. The molecule has 0 N–H and O–H groups in total. The summed E-state index contributed by atoms with van der Waals surface area (Å²) in [5.74, 6) is 0.253. The number of nitrogens with zero attached hydrogens (tertiary/aromatic N) is 2. The van der Waals surface area contributed by atoms with E-state index in [0.29, 0.717) is 21.9 Å². The maximum atomic E-state index is 13.9. The van der Waals surface area contributed by atoms with E-state index in [1.807, 2.05) is 29.7 Å². The molecule has 0 saturated heterocycles. The summed E-state index contributed by atoms with van der Waals surface area (Å²) in [5, 5.41) is 0.308. The number of hydrogen-bond donors (Lipinski definition) is 0. The fourth-order valence-electron chi connectivity index (χ4n) is 2.21. The van der Waals surface area contributed by atoms with E-state index in [0.717, 1.165) is 5.69 Å². The number of alkyl halides is 1. The van der Waals surface area contributed by atoms with Crippen molar-refractivity contribution in [3.63, 3.8) is 0 Å². The fourth-order valence-corrected chi connectivity index (χ4v) is 2.48. The van der Waals surface area contributed by atoms with E-state index >= 15 is 0 Å². The first-order chi connectivity index (χ1) is 9.58. The molecule has 1 heterocycles. The number of fused-ring (bicyclic) bond motifs is 1. The van der Waals surface area contributed by atoms with Crippen LogP contribution < -0.4 is 0 Å². The molecule has 1 aromatic heterocycles. The van der Waals surface area contributed by atoms with Crippen molar-refractivity contribution in [3.05, 3.63) is 59.1 Å². The molecule has 1 unspecified atom stereocenters. The van der Waals surface area contributed by atoms with Gasteiger partial charge in [-0.3, -0.25) is 4.57 Å². The molecule has 5 heteroatoms. The van der Waals surface area contributed by atoms with E-state index in [4.69, 9.17) is 23.2 Å². The third-order valence-electron chi connectivity index (χ3n) is 3.10. The third kappa shape index (κ3) is 2.17. The average Bonchev–Trinajstić information content (AvgIpc) is 2.81. The molecule has 0 aliphatic carbocycles. The lowest BCUT2D eigenvalue weighted by Gasteiger charge is -2.10. The lowest BCUT2D eigenvalue weighted by Crippen LogP contribution is -2.01. The first-order valence-electron chi connectivity index (χ1n) is 6.15. The minimum absolute atomic E-state index is 0.324. The highest BCUT2D eigenvalue weighted by molar-refractivity contribution is 6.30. The standard InChI is InChI=1S/C15H11Cl2FN2/c1-9(16)15-19-14-12(18)3-2-4-13(14)20(15)11-7-5-10(17)6-8-11/h2-9H,1H3. The number of halogens is 3. The molecule has 0 aliphatic heterocycles. The van der Waals surface area contributed by atoms with Crippen molar-refractivity contribution in [2.75, 3.05) is 0 Å². The van der Waals surface area contributed by atoms with Gasteiger partial charge in [-0.05, 0) is 43.3 Å². The maximum absolute atomic E-state index is 13.9. The molecular formula is C15H11Cl2FN2. The van der Waals surface area contributed by atoms with E-state index in [1.54, 1.807) is 18.2 Å². The van der Waals surface area contributed by atoms with Crippen LogP contribution in [-0.4, -0.2) is 9.55 Å². The van der Waals surface area contributed by atoms with Crippen molar-refractivity contribution in [1.82, 2.24) is 9.55 Å². The van der Waals surface area contributed by atoms with Gasteiger partial charge in [0.15, 0.2) is 5.82 Å². The Morgan fingerprint density at radius 2 is 1.85 bits per heavy atom. The van der Waals surface area contributed by atoms with Crippen LogP contribution in [0.3, 0.4) is 0 Å². The van der Waals surface area contributed by atoms with Gasteiger partial charge in [-0.1, -0.05) is 17.7 Å². The number of aromatic nitrogens is 2. The van der Waals surface area contributed by atoms with Crippen molar-refractivity contribution in [3.8, 4) is 5.69 Å². The van der Waals surface area contributed by atoms with E-state index in [1.165, 1.54) is 6.07 Å². The number of benzene rings is 2. The Balaban J connectivity index is 2.35. The van der Waals surface area contributed by atoms with E-state index in [9.17, 15) is 4.39 Å². The Hall–Kier alpha value is -1.58. The molecule has 1 atom stereocenters. The number of imidazole rings is 1. The van der Waals surface area contributed by atoms with Crippen LogP contribution in [0.2, 0.25) is 5.02 Å². The van der Waals surface area contributed by atoms with Gasteiger partial charge in [-0.25, -0.2) is 9.37 Å². The van der Waals surface area contributed by atoms with Crippen molar-refractivity contribution < 1.29 is 4.39 Å². The van der Waals surface area contributed by atoms with Crippen molar-refractivity contribution in [1.29, 1.82) is 0 Å². The van der Waals surface area contributed by atoms with Crippen LogP contribution in [0.4, 0.5) is 4.39 Å². The Kier molecular flexibility index (Phi) is 3.40. The molecule has 3 rings (SSSR count). The van der Waals surface area contributed by atoms with Gasteiger partial charge in [0.05, 0.1) is 10.9 Å². The SMILES string of the molecule is CC(Cl)c1nc2c(F)cccc2n1-c1ccc(Cl)cc1. The summed E-state index contributed by atoms with van der Waals surface area (Å²) >= 11 is 12.1. The van der Waals surface area contributed by atoms with Crippen LogP contribution in [0, 0.1) is 5.82 Å². The summed E-state index contributed by atoms with van der Waals surface area (Å²) in [6.45, 7) is 1.81. The summed E-state index contributed by atoms with van der Waals surface area (Å²) in [6, 6.07) is 12.2. The monoisotopic (exact) mass is 308 g/mol. The maximum Gasteiger partial charge on any atom is 0.151 e. The summed E-state index contributed by atoms with van der Waals surface area (Å²) in [5.41, 5.74) is 1.87. The zero-order valence-electron chi connectivity index (χ0n) is 10.6. The number of para-hydroxylation sites is 1. The lowest BCUT2D eigenvalue weighted by molar-refractivity contribution is 0.637. The van der Waals surface area contributed by atoms with Gasteiger partial charge < -0.3 is 0 Å². The van der Waals surface area contributed by atoms with Crippen molar-refractivity contribution in [2.45, 2.75) is 12.3 Å². The Bertz CT molecular complexity index is 763. The van der Waals surface area contributed by atoms with Crippen LogP contribution in [0.25, 0.3) is 16.7 Å². The Labute approximate surface area is 125 Å². The fraction of sp³-hybridized carbons (Fsp3) is 0.133. The predicted molar refractivity (Wildman–Crippen MR) is 80.3 cm³/mol. The molecule has 0 amide bonds. The second-order valence-corrected chi connectivity index (χ2v) is 5.60. The van der Waals surface area contributed by atoms with Gasteiger partial charge in [0.2, 0.25) is 0 Å². The molecule has 0 saturated carbocycles. The minimum atomic E-state index is -0.353. The highest BCUT2D eigenvalue weighted by Crippen LogP contribution is 2.29. The summed E-state index contributed by atoms with van der Waals surface area (Å²) in [6.07, 6.45) is 0. The van der Waals surface area contributed by atoms with E-state index in [-0.39, 0.29) is 11.2 Å². The quantitative estimate of drug-likeness (QED) is 0.601. The van der Waals surface area contributed by atoms with Crippen molar-refractivity contribution >= 4 is 34.2 Å². The van der Waals surface area contributed by atoms with Crippen LogP contribution in [0.5, 0.6) is 0 Å². The predicted octanol–water partition coefficient (Wildman–Crippen LogP) is 5.12. The molecule has 3 aromatic rings. The smallest absolute Gasteiger partial charge is 0.151 e. The molecule has 0 spiro atoms. The molecule has 0 aliphatic rings. The molecule has 2 nitrogen and oxygen atoms in total. The largest absolute Gasteiger partial charge is 0.295 e. The molecule has 0 fully saturated rings. The van der Waals surface area contributed by atoms with Gasteiger partial charge in [0.1, 0.15) is 11.3 Å². The molecule has 0 bridgehead atoms. The molecular weight excluding hydrogens is 298 g/mol. The highest BCUT2D eigenvalue weighted by Gasteiger charge is 2.18. The summed E-state index contributed by atoms with van der Waals surface area (Å²) < 4.78 is 15.7. The van der Waals surface area contributed by atoms with Gasteiger partial charge in [0, 0.05) is 10.7 Å². The number of hydrogen-bond acceptors (Lipinski definition) is 1. The highest BCUT2D eigenvalue weighted by atomic mass is 35.5. The Morgan fingerprint density at radius 1 is 1.15 bits per heavy atom. The third-order valence-corrected chi connectivity index (χ3v) is 3.55. The zero-order chi connectivity index (χ0) is 14.3.